The zero-order valence-corrected chi connectivity index (χ0v) is 8.96. The first-order valence-corrected chi connectivity index (χ1v) is 5.61. The first kappa shape index (κ1) is 11.0. The molecule has 3 atom stereocenters. The maximum Gasteiger partial charge on any atom is 0.0576 e. The minimum atomic E-state index is 0.376. The van der Waals surface area contributed by atoms with Crippen molar-refractivity contribution >= 4 is 0 Å². The Hall–Kier alpha value is -0.0800. The van der Waals surface area contributed by atoms with Crippen LogP contribution < -0.4 is 5.73 Å². The summed E-state index contributed by atoms with van der Waals surface area (Å²) in [4.78, 5) is 0. The Morgan fingerprint density at radius 2 is 2.31 bits per heavy atom. The summed E-state index contributed by atoms with van der Waals surface area (Å²) >= 11 is 0. The van der Waals surface area contributed by atoms with Crippen molar-refractivity contribution in [1.29, 1.82) is 0 Å². The Labute approximate surface area is 81.8 Å². The van der Waals surface area contributed by atoms with Gasteiger partial charge in [0.2, 0.25) is 0 Å². The molecule has 1 fully saturated rings. The zero-order valence-electron chi connectivity index (χ0n) is 8.96. The van der Waals surface area contributed by atoms with Crippen molar-refractivity contribution in [2.75, 3.05) is 6.61 Å². The zero-order chi connectivity index (χ0) is 9.68. The average molecular weight is 185 g/mol. The molecule has 2 heteroatoms. The van der Waals surface area contributed by atoms with E-state index in [4.69, 9.17) is 10.5 Å². The molecule has 0 spiro atoms. The highest BCUT2D eigenvalue weighted by molar-refractivity contribution is 4.71. The van der Waals surface area contributed by atoms with Crippen LogP contribution in [-0.4, -0.2) is 18.8 Å². The normalized spacial score (nSPS) is 27.5. The molecule has 3 unspecified atom stereocenters. The Morgan fingerprint density at radius 3 is 2.85 bits per heavy atom. The number of hydrogen-bond donors (Lipinski definition) is 1. The van der Waals surface area contributed by atoms with E-state index in [9.17, 15) is 0 Å². The van der Waals surface area contributed by atoms with Crippen molar-refractivity contribution < 1.29 is 4.74 Å². The molecule has 0 aliphatic carbocycles. The van der Waals surface area contributed by atoms with Crippen LogP contribution in [0.3, 0.4) is 0 Å². The van der Waals surface area contributed by atoms with Crippen LogP contribution in [0.1, 0.15) is 46.0 Å². The summed E-state index contributed by atoms with van der Waals surface area (Å²) in [6.45, 7) is 5.38. The molecule has 1 saturated heterocycles. The Balaban J connectivity index is 2.10. The minimum Gasteiger partial charge on any atom is -0.378 e. The Morgan fingerprint density at radius 1 is 1.54 bits per heavy atom. The lowest BCUT2D eigenvalue weighted by Crippen LogP contribution is -2.27. The molecular formula is C11H23NO. The molecule has 0 amide bonds. The largest absolute Gasteiger partial charge is 0.378 e. The summed E-state index contributed by atoms with van der Waals surface area (Å²) in [5, 5.41) is 0. The first-order chi connectivity index (χ1) is 6.24. The fraction of sp³-hybridized carbons (Fsp3) is 1.00. The lowest BCUT2D eigenvalue weighted by molar-refractivity contribution is 0.0975. The van der Waals surface area contributed by atoms with E-state index in [1.165, 1.54) is 25.7 Å². The molecule has 13 heavy (non-hydrogen) atoms. The van der Waals surface area contributed by atoms with E-state index in [-0.39, 0.29) is 0 Å². The highest BCUT2D eigenvalue weighted by atomic mass is 16.5. The van der Waals surface area contributed by atoms with Gasteiger partial charge in [-0.05, 0) is 38.0 Å². The fourth-order valence-electron chi connectivity index (χ4n) is 1.94. The molecule has 0 aromatic heterocycles. The van der Waals surface area contributed by atoms with Gasteiger partial charge in [-0.1, -0.05) is 13.8 Å². The van der Waals surface area contributed by atoms with Crippen LogP contribution in [-0.2, 0) is 4.74 Å². The van der Waals surface area contributed by atoms with Gasteiger partial charge in [-0.2, -0.15) is 0 Å². The predicted molar refractivity (Wildman–Crippen MR) is 55.6 cm³/mol. The second-order valence-electron chi connectivity index (χ2n) is 4.26. The van der Waals surface area contributed by atoms with Crippen LogP contribution in [0.25, 0.3) is 0 Å². The van der Waals surface area contributed by atoms with E-state index >= 15 is 0 Å². The molecule has 1 heterocycles. The van der Waals surface area contributed by atoms with Crippen LogP contribution in [0, 0.1) is 5.92 Å². The highest BCUT2D eigenvalue weighted by Gasteiger charge is 2.18. The smallest absolute Gasteiger partial charge is 0.0576 e. The van der Waals surface area contributed by atoms with Gasteiger partial charge in [-0.15, -0.1) is 0 Å². The molecule has 0 aromatic rings. The lowest BCUT2D eigenvalue weighted by atomic mass is 9.93. The van der Waals surface area contributed by atoms with E-state index in [2.05, 4.69) is 13.8 Å². The van der Waals surface area contributed by atoms with Gasteiger partial charge in [0, 0.05) is 12.6 Å². The van der Waals surface area contributed by atoms with Gasteiger partial charge in [-0.3, -0.25) is 0 Å². The summed E-state index contributed by atoms with van der Waals surface area (Å²) in [6.07, 6.45) is 6.56. The Bertz CT molecular complexity index is 132. The maximum atomic E-state index is 5.96. The lowest BCUT2D eigenvalue weighted by Gasteiger charge is -2.19. The molecule has 1 aliphatic heterocycles. The number of rotatable bonds is 5. The third-order valence-corrected chi connectivity index (χ3v) is 3.17. The first-order valence-electron chi connectivity index (χ1n) is 5.61. The van der Waals surface area contributed by atoms with E-state index < -0.39 is 0 Å². The van der Waals surface area contributed by atoms with Gasteiger partial charge in [0.1, 0.15) is 0 Å². The molecule has 2 nitrogen and oxygen atoms in total. The van der Waals surface area contributed by atoms with Gasteiger partial charge in [-0.25, -0.2) is 0 Å². The molecule has 2 N–H and O–H groups in total. The highest BCUT2D eigenvalue weighted by Crippen LogP contribution is 2.20. The number of nitrogens with two attached hydrogens (primary N) is 1. The minimum absolute atomic E-state index is 0.376. The second kappa shape index (κ2) is 5.61. The van der Waals surface area contributed by atoms with Crippen LogP contribution in [0.2, 0.25) is 0 Å². The second-order valence-corrected chi connectivity index (χ2v) is 4.26. The molecule has 0 saturated carbocycles. The van der Waals surface area contributed by atoms with Crippen molar-refractivity contribution in [3.05, 3.63) is 0 Å². The average Bonchev–Trinajstić information content (AvgIpc) is 2.65. The topological polar surface area (TPSA) is 35.2 Å². The van der Waals surface area contributed by atoms with Gasteiger partial charge in [0.15, 0.2) is 0 Å². The fourth-order valence-corrected chi connectivity index (χ4v) is 1.94. The summed E-state index contributed by atoms with van der Waals surface area (Å²) in [5.41, 5.74) is 5.96. The van der Waals surface area contributed by atoms with Crippen molar-refractivity contribution in [2.24, 2.45) is 11.7 Å². The van der Waals surface area contributed by atoms with Gasteiger partial charge < -0.3 is 10.5 Å². The maximum absolute atomic E-state index is 5.96. The number of ether oxygens (including phenoxy) is 1. The molecular weight excluding hydrogens is 162 g/mol. The molecule has 1 aliphatic rings. The standard InChI is InChI=1S/C11H23NO/c1-3-11(12)9(2)6-7-10-5-4-8-13-10/h9-11H,3-8,12H2,1-2H3. The summed E-state index contributed by atoms with van der Waals surface area (Å²) < 4.78 is 5.58. The van der Waals surface area contributed by atoms with Crippen molar-refractivity contribution in [3.8, 4) is 0 Å². The predicted octanol–water partition coefficient (Wildman–Crippen LogP) is 2.32. The third kappa shape index (κ3) is 3.65. The third-order valence-electron chi connectivity index (χ3n) is 3.17. The van der Waals surface area contributed by atoms with Crippen molar-refractivity contribution in [2.45, 2.75) is 58.1 Å². The summed E-state index contributed by atoms with van der Waals surface area (Å²) in [7, 11) is 0. The Kier molecular flexibility index (Phi) is 4.74. The van der Waals surface area contributed by atoms with Crippen LogP contribution in [0.4, 0.5) is 0 Å². The van der Waals surface area contributed by atoms with Gasteiger partial charge in [0.25, 0.3) is 0 Å². The van der Waals surface area contributed by atoms with Gasteiger partial charge >= 0.3 is 0 Å². The van der Waals surface area contributed by atoms with E-state index in [1.54, 1.807) is 0 Å². The molecule has 1 rings (SSSR count). The molecule has 78 valence electrons. The van der Waals surface area contributed by atoms with E-state index in [1.807, 2.05) is 0 Å². The van der Waals surface area contributed by atoms with Crippen molar-refractivity contribution in [1.82, 2.24) is 0 Å². The van der Waals surface area contributed by atoms with Crippen LogP contribution in [0.5, 0.6) is 0 Å². The van der Waals surface area contributed by atoms with E-state index in [0.717, 1.165) is 13.0 Å². The number of hydrogen-bond acceptors (Lipinski definition) is 2. The van der Waals surface area contributed by atoms with Crippen LogP contribution in [0.15, 0.2) is 0 Å². The van der Waals surface area contributed by atoms with E-state index in [0.29, 0.717) is 18.1 Å². The summed E-state index contributed by atoms with van der Waals surface area (Å²) in [5.74, 6) is 0.647. The van der Waals surface area contributed by atoms with Crippen molar-refractivity contribution in [3.63, 3.8) is 0 Å². The van der Waals surface area contributed by atoms with Crippen LogP contribution >= 0.6 is 0 Å². The molecule has 0 aromatic carbocycles. The molecule has 0 radical (unpaired) electrons. The monoisotopic (exact) mass is 185 g/mol. The van der Waals surface area contributed by atoms with Gasteiger partial charge in [0.05, 0.1) is 6.10 Å². The quantitative estimate of drug-likeness (QED) is 0.713. The SMILES string of the molecule is CCC(N)C(C)CCC1CCCO1. The summed E-state index contributed by atoms with van der Waals surface area (Å²) in [6, 6.07) is 0.376. The molecule has 0 bridgehead atoms.